The number of sulfonamides is 1. The van der Waals surface area contributed by atoms with E-state index in [1.54, 1.807) is 12.1 Å². The van der Waals surface area contributed by atoms with Crippen LogP contribution in [-0.4, -0.2) is 71.9 Å². The first-order chi connectivity index (χ1) is 15.1. The van der Waals surface area contributed by atoms with E-state index in [4.69, 9.17) is 0 Å². The van der Waals surface area contributed by atoms with Gasteiger partial charge in [0.05, 0.1) is 10.8 Å². The second-order valence-electron chi connectivity index (χ2n) is 8.87. The summed E-state index contributed by atoms with van der Waals surface area (Å²) >= 11 is 1.34. The number of thioether (sulfide) groups is 1. The number of likely N-dealkylation sites (N-methyl/N-ethyl adjacent to an activating group) is 1. The van der Waals surface area contributed by atoms with E-state index < -0.39 is 10.0 Å². The minimum atomic E-state index is -3.53. The number of Topliss-reactive ketones (excluding diaryl/α,β-unsaturated/α-hetero) is 1. The number of nitrogens with zero attached hydrogens (tertiary/aromatic N) is 4. The molecule has 9 heteroatoms. The normalized spacial score (nSPS) is 16.1. The highest BCUT2D eigenvalue weighted by Crippen LogP contribution is 2.23. The highest BCUT2D eigenvalue weighted by atomic mass is 32.2. The van der Waals surface area contributed by atoms with E-state index in [2.05, 4.69) is 28.3 Å². The van der Waals surface area contributed by atoms with Gasteiger partial charge in [-0.25, -0.2) is 13.4 Å². The lowest BCUT2D eigenvalue weighted by atomic mass is 10.1. The minimum Gasteiger partial charge on any atom is -0.348 e. The van der Waals surface area contributed by atoms with Crippen molar-refractivity contribution in [1.29, 1.82) is 0 Å². The zero-order chi connectivity index (χ0) is 23.5. The quantitative estimate of drug-likeness (QED) is 0.406. The number of carbonyl (C=O) groups is 1. The van der Waals surface area contributed by atoms with Crippen molar-refractivity contribution in [2.75, 3.05) is 39.0 Å². The molecular formula is C23H34N4O3S2. The molecule has 7 nitrogen and oxygen atoms in total. The molecule has 0 aliphatic carbocycles. The molecule has 0 radical (unpaired) electrons. The molecule has 0 unspecified atom stereocenters. The second kappa shape index (κ2) is 10.5. The summed E-state index contributed by atoms with van der Waals surface area (Å²) in [5.74, 6) is 0.946. The predicted molar refractivity (Wildman–Crippen MR) is 129 cm³/mol. The van der Waals surface area contributed by atoms with E-state index in [9.17, 15) is 13.2 Å². The van der Waals surface area contributed by atoms with Crippen LogP contribution in [0.15, 0.2) is 34.3 Å². The van der Waals surface area contributed by atoms with Crippen LogP contribution in [0.2, 0.25) is 0 Å². The van der Waals surface area contributed by atoms with E-state index in [0.717, 1.165) is 43.0 Å². The van der Waals surface area contributed by atoms with Crippen molar-refractivity contribution in [1.82, 2.24) is 18.8 Å². The first kappa shape index (κ1) is 25.0. The molecule has 1 aliphatic rings. The molecule has 1 aliphatic heterocycles. The van der Waals surface area contributed by atoms with Gasteiger partial charge in [0.15, 0.2) is 5.78 Å². The lowest BCUT2D eigenvalue weighted by molar-refractivity contribution is 0.102. The second-order valence-corrected chi connectivity index (χ2v) is 11.8. The van der Waals surface area contributed by atoms with Crippen LogP contribution in [0.1, 0.15) is 42.0 Å². The van der Waals surface area contributed by atoms with Crippen molar-refractivity contribution < 1.29 is 13.2 Å². The number of carbonyl (C=O) groups excluding carboxylic acids is 1. The Morgan fingerprint density at radius 1 is 1.16 bits per heavy atom. The maximum atomic E-state index is 12.8. The average Bonchev–Trinajstić information content (AvgIpc) is 3.04. The van der Waals surface area contributed by atoms with Crippen LogP contribution in [0.5, 0.6) is 0 Å². The first-order valence-corrected chi connectivity index (χ1v) is 13.5. The molecule has 0 amide bonds. The zero-order valence-electron chi connectivity index (χ0n) is 19.7. The van der Waals surface area contributed by atoms with Crippen molar-refractivity contribution >= 4 is 27.6 Å². The molecule has 176 valence electrons. The van der Waals surface area contributed by atoms with Gasteiger partial charge in [-0.05, 0) is 51.4 Å². The summed E-state index contributed by atoms with van der Waals surface area (Å²) in [6.07, 6.45) is 2.48. The minimum absolute atomic E-state index is 0.0647. The number of ketones is 1. The third-order valence-corrected chi connectivity index (χ3v) is 8.79. The van der Waals surface area contributed by atoms with Gasteiger partial charge >= 0.3 is 0 Å². The monoisotopic (exact) mass is 478 g/mol. The van der Waals surface area contributed by atoms with Gasteiger partial charge in [0.1, 0.15) is 4.90 Å². The fourth-order valence-electron chi connectivity index (χ4n) is 3.81. The summed E-state index contributed by atoms with van der Waals surface area (Å²) in [5.41, 5.74) is 2.87. The third-order valence-electron chi connectivity index (χ3n) is 5.96. The lowest BCUT2D eigenvalue weighted by Gasteiger charge is -2.31. The van der Waals surface area contributed by atoms with E-state index >= 15 is 0 Å². The van der Waals surface area contributed by atoms with E-state index in [-0.39, 0.29) is 16.4 Å². The number of aromatic nitrogens is 2. The number of rotatable bonds is 9. The number of pyridine rings is 1. The third kappa shape index (κ3) is 5.81. The fourth-order valence-corrected chi connectivity index (χ4v) is 5.91. The van der Waals surface area contributed by atoms with Crippen LogP contribution in [0, 0.1) is 19.8 Å². The van der Waals surface area contributed by atoms with Crippen LogP contribution in [0.4, 0.5) is 0 Å². The van der Waals surface area contributed by atoms with Crippen LogP contribution in [0.25, 0.3) is 0 Å². The van der Waals surface area contributed by atoms with Crippen LogP contribution in [-0.2, 0) is 16.6 Å². The van der Waals surface area contributed by atoms with Crippen molar-refractivity contribution in [2.45, 2.75) is 50.6 Å². The highest BCUT2D eigenvalue weighted by molar-refractivity contribution is 7.99. The Morgan fingerprint density at radius 3 is 2.44 bits per heavy atom. The van der Waals surface area contributed by atoms with Crippen LogP contribution < -0.4 is 0 Å². The summed E-state index contributed by atoms with van der Waals surface area (Å²) in [4.78, 5) is 19.5. The lowest BCUT2D eigenvalue weighted by Crippen LogP contribution is -2.47. The van der Waals surface area contributed by atoms with Gasteiger partial charge < -0.3 is 9.47 Å². The van der Waals surface area contributed by atoms with E-state index in [1.807, 2.05) is 27.0 Å². The number of piperazine rings is 1. The Kier molecular flexibility index (Phi) is 8.19. The van der Waals surface area contributed by atoms with Gasteiger partial charge in [0, 0.05) is 55.9 Å². The van der Waals surface area contributed by atoms with Gasteiger partial charge in [-0.3, -0.25) is 4.79 Å². The molecule has 2 aromatic heterocycles. The van der Waals surface area contributed by atoms with Gasteiger partial charge in [-0.15, -0.1) is 0 Å². The number of hydrogen-bond donors (Lipinski definition) is 0. The summed E-state index contributed by atoms with van der Waals surface area (Å²) in [5, 5.41) is 0.643. The molecule has 0 aromatic carbocycles. The zero-order valence-corrected chi connectivity index (χ0v) is 21.3. The number of hydrogen-bond acceptors (Lipinski definition) is 6. The maximum absolute atomic E-state index is 12.8. The van der Waals surface area contributed by atoms with Crippen molar-refractivity contribution in [2.24, 2.45) is 5.92 Å². The van der Waals surface area contributed by atoms with Gasteiger partial charge in [-0.1, -0.05) is 25.6 Å². The summed E-state index contributed by atoms with van der Waals surface area (Å²) in [6, 6.07) is 5.25. The average molecular weight is 479 g/mol. The van der Waals surface area contributed by atoms with E-state index in [1.165, 1.54) is 22.3 Å². The first-order valence-electron chi connectivity index (χ1n) is 11.1. The summed E-state index contributed by atoms with van der Waals surface area (Å²) in [6.45, 7) is 11.8. The largest absolute Gasteiger partial charge is 0.348 e. The molecule has 0 atom stereocenters. The Labute approximate surface area is 196 Å². The Balaban J connectivity index is 1.62. The molecular weight excluding hydrogens is 444 g/mol. The Bertz CT molecular complexity index is 1040. The molecule has 1 saturated heterocycles. The van der Waals surface area contributed by atoms with Crippen LogP contribution in [0.3, 0.4) is 0 Å². The smallest absolute Gasteiger partial charge is 0.244 e. The molecule has 32 heavy (non-hydrogen) atoms. The summed E-state index contributed by atoms with van der Waals surface area (Å²) < 4.78 is 29.4. The molecule has 3 heterocycles. The SMILES string of the molecule is Cc1cc(C(=O)CSc2ccc(S(=O)(=O)N3CCN(C)CC3)cn2)c(C)n1CCC(C)C. The van der Waals surface area contributed by atoms with Crippen LogP contribution >= 0.6 is 11.8 Å². The molecule has 1 fully saturated rings. The topological polar surface area (TPSA) is 75.5 Å². The standard InChI is InChI=1S/C23H34N4O3S2/c1-17(2)8-9-27-18(3)14-21(19(27)4)22(28)16-31-23-7-6-20(15-24-23)32(29,30)26-12-10-25(5)11-13-26/h6-7,14-15,17H,8-13,16H2,1-5H3. The van der Waals surface area contributed by atoms with Gasteiger partial charge in [-0.2, -0.15) is 4.31 Å². The molecule has 3 rings (SSSR count). The van der Waals surface area contributed by atoms with Gasteiger partial charge in [0.25, 0.3) is 0 Å². The number of aryl methyl sites for hydroxylation is 1. The maximum Gasteiger partial charge on any atom is 0.244 e. The van der Waals surface area contributed by atoms with Crippen molar-refractivity contribution in [3.63, 3.8) is 0 Å². The van der Waals surface area contributed by atoms with E-state index in [0.29, 0.717) is 24.0 Å². The highest BCUT2D eigenvalue weighted by Gasteiger charge is 2.27. The van der Waals surface area contributed by atoms with Gasteiger partial charge in [0.2, 0.25) is 10.0 Å². The predicted octanol–water partition coefficient (Wildman–Crippen LogP) is 3.46. The Hall–Kier alpha value is -1.68. The fraction of sp³-hybridized carbons (Fsp3) is 0.565. The molecule has 0 spiro atoms. The molecule has 0 saturated carbocycles. The summed E-state index contributed by atoms with van der Waals surface area (Å²) in [7, 11) is -1.54. The molecule has 2 aromatic rings. The molecule has 0 bridgehead atoms. The Morgan fingerprint density at radius 2 is 1.84 bits per heavy atom. The van der Waals surface area contributed by atoms with Crippen molar-refractivity contribution in [3.05, 3.63) is 41.3 Å². The van der Waals surface area contributed by atoms with Crippen molar-refractivity contribution in [3.8, 4) is 0 Å². The molecule has 0 N–H and O–H groups in total.